The van der Waals surface area contributed by atoms with Gasteiger partial charge < -0.3 is 4.74 Å². The first-order chi connectivity index (χ1) is 8.33. The molecule has 5 nitrogen and oxygen atoms in total. The van der Waals surface area contributed by atoms with E-state index in [9.17, 15) is 4.79 Å². The lowest BCUT2D eigenvalue weighted by Crippen LogP contribution is -2.06. The molecular formula is C10H8ClN3O2S. The fraction of sp³-hybridized carbons (Fsp3) is 0.200. The van der Waals surface area contributed by atoms with E-state index < -0.39 is 5.97 Å². The Morgan fingerprint density at radius 3 is 3.12 bits per heavy atom. The summed E-state index contributed by atoms with van der Waals surface area (Å²) in [4.78, 5) is 16.0. The summed E-state index contributed by atoms with van der Waals surface area (Å²) in [7, 11) is 0. The Kier molecular flexibility index (Phi) is 4.00. The molecule has 2 heterocycles. The lowest BCUT2D eigenvalue weighted by atomic mass is 10.2. The van der Waals surface area contributed by atoms with Gasteiger partial charge in [0.25, 0.3) is 0 Å². The molecule has 2 aromatic heterocycles. The zero-order chi connectivity index (χ0) is 12.1. The number of hydrogen-bond acceptors (Lipinski definition) is 6. The standard InChI is InChI=1S/C10H8ClN3O2S/c11-3-5-16-10(15)9-8(13-14-17-9)7-2-1-4-12-6-7/h1-2,4,6H,3,5H2. The van der Waals surface area contributed by atoms with Gasteiger partial charge in [-0.05, 0) is 23.7 Å². The minimum Gasteiger partial charge on any atom is -0.460 e. The number of hydrogen-bond donors (Lipinski definition) is 0. The number of carbonyl (C=O) groups excluding carboxylic acids is 1. The normalized spacial score (nSPS) is 10.2. The third kappa shape index (κ3) is 2.78. The van der Waals surface area contributed by atoms with E-state index in [4.69, 9.17) is 16.3 Å². The van der Waals surface area contributed by atoms with Crippen molar-refractivity contribution >= 4 is 29.1 Å². The second-order valence-corrected chi connectivity index (χ2v) is 4.15. The topological polar surface area (TPSA) is 65.0 Å². The number of alkyl halides is 1. The summed E-state index contributed by atoms with van der Waals surface area (Å²) < 4.78 is 8.69. The maximum absolute atomic E-state index is 11.7. The molecule has 2 rings (SSSR count). The molecule has 17 heavy (non-hydrogen) atoms. The van der Waals surface area contributed by atoms with Crippen LogP contribution in [0, 0.1) is 0 Å². The van der Waals surface area contributed by atoms with E-state index in [0.29, 0.717) is 10.6 Å². The third-order valence-electron chi connectivity index (χ3n) is 1.92. The van der Waals surface area contributed by atoms with Crippen molar-refractivity contribution in [2.45, 2.75) is 0 Å². The van der Waals surface area contributed by atoms with Crippen LogP contribution in [0.15, 0.2) is 24.5 Å². The quantitative estimate of drug-likeness (QED) is 0.627. The van der Waals surface area contributed by atoms with Gasteiger partial charge in [0.1, 0.15) is 12.3 Å². The molecule has 0 unspecified atom stereocenters. The minimum atomic E-state index is -0.459. The van der Waals surface area contributed by atoms with Crippen LogP contribution in [-0.4, -0.2) is 33.0 Å². The molecule has 0 spiro atoms. The van der Waals surface area contributed by atoms with Crippen LogP contribution in [0.3, 0.4) is 0 Å². The first-order valence-electron chi connectivity index (χ1n) is 4.78. The molecule has 88 valence electrons. The SMILES string of the molecule is O=C(OCCCl)c1snnc1-c1cccnc1. The zero-order valence-corrected chi connectivity index (χ0v) is 10.2. The van der Waals surface area contributed by atoms with Gasteiger partial charge in [0, 0.05) is 18.0 Å². The van der Waals surface area contributed by atoms with Crippen molar-refractivity contribution in [3.8, 4) is 11.3 Å². The van der Waals surface area contributed by atoms with E-state index in [1.54, 1.807) is 18.5 Å². The molecular weight excluding hydrogens is 262 g/mol. The molecule has 0 saturated heterocycles. The van der Waals surface area contributed by atoms with Crippen molar-refractivity contribution in [3.05, 3.63) is 29.4 Å². The maximum atomic E-state index is 11.7. The smallest absolute Gasteiger partial charge is 0.352 e. The lowest BCUT2D eigenvalue weighted by molar-refractivity contribution is 0.0535. The zero-order valence-electron chi connectivity index (χ0n) is 8.67. The lowest BCUT2D eigenvalue weighted by Gasteiger charge is -2.01. The Bertz CT molecular complexity index is 503. The number of esters is 1. The van der Waals surface area contributed by atoms with E-state index in [0.717, 1.165) is 17.1 Å². The summed E-state index contributed by atoms with van der Waals surface area (Å²) in [5.41, 5.74) is 1.22. The molecule has 0 fully saturated rings. The summed E-state index contributed by atoms with van der Waals surface area (Å²) in [6.07, 6.45) is 3.27. The molecule has 0 amide bonds. The number of rotatable bonds is 4. The summed E-state index contributed by atoms with van der Waals surface area (Å²) >= 11 is 6.45. The van der Waals surface area contributed by atoms with Gasteiger partial charge in [0.15, 0.2) is 4.88 Å². The average Bonchev–Trinajstić information content (AvgIpc) is 2.86. The Morgan fingerprint density at radius 2 is 2.41 bits per heavy atom. The average molecular weight is 270 g/mol. The number of halogens is 1. The highest BCUT2D eigenvalue weighted by molar-refractivity contribution is 7.08. The van der Waals surface area contributed by atoms with Crippen LogP contribution in [0.1, 0.15) is 9.67 Å². The summed E-state index contributed by atoms with van der Waals surface area (Å²) in [6.45, 7) is 0.171. The molecule has 2 aromatic rings. The van der Waals surface area contributed by atoms with Gasteiger partial charge in [-0.3, -0.25) is 4.98 Å². The van der Waals surface area contributed by atoms with Crippen LogP contribution in [0.5, 0.6) is 0 Å². The van der Waals surface area contributed by atoms with Crippen LogP contribution < -0.4 is 0 Å². The third-order valence-corrected chi connectivity index (χ3v) is 2.78. The van der Waals surface area contributed by atoms with Gasteiger partial charge in [0.2, 0.25) is 0 Å². The Hall–Kier alpha value is -1.53. The van der Waals surface area contributed by atoms with Crippen LogP contribution in [0.2, 0.25) is 0 Å². The highest BCUT2D eigenvalue weighted by atomic mass is 35.5. The molecule has 0 aromatic carbocycles. The number of ether oxygens (including phenoxy) is 1. The summed E-state index contributed by atoms with van der Waals surface area (Å²) in [5.74, 6) is -0.195. The minimum absolute atomic E-state index is 0.171. The molecule has 0 aliphatic rings. The first-order valence-corrected chi connectivity index (χ1v) is 6.09. The molecule has 0 bridgehead atoms. The van der Waals surface area contributed by atoms with Crippen molar-refractivity contribution < 1.29 is 9.53 Å². The van der Waals surface area contributed by atoms with Crippen molar-refractivity contribution in [3.63, 3.8) is 0 Å². The fourth-order valence-electron chi connectivity index (χ4n) is 1.21. The van der Waals surface area contributed by atoms with Crippen molar-refractivity contribution in [2.24, 2.45) is 0 Å². The van der Waals surface area contributed by atoms with Crippen molar-refractivity contribution in [1.29, 1.82) is 0 Å². The fourth-order valence-corrected chi connectivity index (χ4v) is 1.87. The molecule has 0 atom stereocenters. The molecule has 7 heteroatoms. The number of carbonyl (C=O) groups is 1. The van der Waals surface area contributed by atoms with Gasteiger partial charge in [-0.15, -0.1) is 16.7 Å². The Morgan fingerprint density at radius 1 is 1.53 bits per heavy atom. The molecule has 0 aliphatic heterocycles. The van der Waals surface area contributed by atoms with E-state index in [1.807, 2.05) is 6.07 Å². The molecule has 0 radical (unpaired) electrons. The second-order valence-electron chi connectivity index (χ2n) is 3.02. The molecule has 0 saturated carbocycles. The largest absolute Gasteiger partial charge is 0.460 e. The Labute approximate surface area is 107 Å². The van der Waals surface area contributed by atoms with Gasteiger partial charge in [0.05, 0.1) is 5.88 Å². The number of aromatic nitrogens is 3. The molecule has 0 aliphatic carbocycles. The predicted octanol–water partition coefficient (Wildman–Crippen LogP) is 2.00. The van der Waals surface area contributed by atoms with Crippen molar-refractivity contribution in [1.82, 2.24) is 14.6 Å². The van der Waals surface area contributed by atoms with E-state index in [2.05, 4.69) is 14.6 Å². The monoisotopic (exact) mass is 269 g/mol. The van der Waals surface area contributed by atoms with Gasteiger partial charge in [-0.1, -0.05) is 4.49 Å². The van der Waals surface area contributed by atoms with Crippen LogP contribution in [0.25, 0.3) is 11.3 Å². The second kappa shape index (κ2) is 5.70. The van der Waals surface area contributed by atoms with E-state index >= 15 is 0 Å². The number of pyridine rings is 1. The number of nitrogens with zero attached hydrogens (tertiary/aromatic N) is 3. The predicted molar refractivity (Wildman–Crippen MR) is 64.1 cm³/mol. The summed E-state index contributed by atoms with van der Waals surface area (Å²) in [5, 5.41) is 3.91. The van der Waals surface area contributed by atoms with Gasteiger partial charge in [-0.2, -0.15) is 0 Å². The maximum Gasteiger partial charge on any atom is 0.352 e. The van der Waals surface area contributed by atoms with Crippen LogP contribution >= 0.6 is 23.1 Å². The van der Waals surface area contributed by atoms with Crippen LogP contribution in [-0.2, 0) is 4.74 Å². The molecule has 0 N–H and O–H groups in total. The van der Waals surface area contributed by atoms with E-state index in [1.165, 1.54) is 0 Å². The van der Waals surface area contributed by atoms with Gasteiger partial charge >= 0.3 is 5.97 Å². The Balaban J connectivity index is 2.26. The van der Waals surface area contributed by atoms with Crippen molar-refractivity contribution in [2.75, 3.05) is 12.5 Å². The van der Waals surface area contributed by atoms with Crippen LogP contribution in [0.4, 0.5) is 0 Å². The highest BCUT2D eigenvalue weighted by Crippen LogP contribution is 2.23. The summed E-state index contributed by atoms with van der Waals surface area (Å²) in [6, 6.07) is 3.57. The first kappa shape index (κ1) is 11.9. The highest BCUT2D eigenvalue weighted by Gasteiger charge is 2.18. The van der Waals surface area contributed by atoms with E-state index in [-0.39, 0.29) is 12.5 Å². The van der Waals surface area contributed by atoms with Gasteiger partial charge in [-0.25, -0.2) is 4.79 Å².